The van der Waals surface area contributed by atoms with E-state index in [9.17, 15) is 4.79 Å². The molecule has 0 unspecified atom stereocenters. The fourth-order valence-corrected chi connectivity index (χ4v) is 1.58. The van der Waals surface area contributed by atoms with Crippen molar-refractivity contribution in [3.63, 3.8) is 0 Å². The average molecular weight is 181 g/mol. The molecule has 1 rings (SSSR count). The van der Waals surface area contributed by atoms with Gasteiger partial charge in [-0.3, -0.25) is 4.79 Å². The summed E-state index contributed by atoms with van der Waals surface area (Å²) in [5.41, 5.74) is 1.42. The number of carbonyl (C=O) groups excluding carboxylic acids is 1. The standard InChI is InChI=1S/C11H19NO/c1-9(2)11(13)12-7-4-5-10(3)6-8-12/h5,9H,4,6-8H2,1-3H3. The molecule has 0 saturated carbocycles. The van der Waals surface area contributed by atoms with Crippen molar-refractivity contribution in [2.75, 3.05) is 13.1 Å². The quantitative estimate of drug-likeness (QED) is 0.568. The van der Waals surface area contributed by atoms with E-state index in [4.69, 9.17) is 0 Å². The first-order chi connectivity index (χ1) is 6.11. The molecule has 1 heterocycles. The maximum Gasteiger partial charge on any atom is 0.225 e. The van der Waals surface area contributed by atoms with Crippen LogP contribution in [0.1, 0.15) is 33.6 Å². The smallest absolute Gasteiger partial charge is 0.225 e. The minimum Gasteiger partial charge on any atom is -0.342 e. The lowest BCUT2D eigenvalue weighted by atomic mass is 10.2. The van der Waals surface area contributed by atoms with Gasteiger partial charge in [0.1, 0.15) is 0 Å². The number of hydrogen-bond acceptors (Lipinski definition) is 1. The van der Waals surface area contributed by atoms with Crippen molar-refractivity contribution >= 4 is 5.91 Å². The zero-order chi connectivity index (χ0) is 9.84. The molecule has 0 saturated heterocycles. The number of carbonyl (C=O) groups is 1. The van der Waals surface area contributed by atoms with Gasteiger partial charge in [0.25, 0.3) is 0 Å². The van der Waals surface area contributed by atoms with Crippen LogP contribution in [0.5, 0.6) is 0 Å². The molecule has 0 aromatic carbocycles. The van der Waals surface area contributed by atoms with Gasteiger partial charge in [0.2, 0.25) is 5.91 Å². The molecule has 2 heteroatoms. The Kier molecular flexibility index (Phi) is 3.52. The van der Waals surface area contributed by atoms with Gasteiger partial charge in [0.15, 0.2) is 0 Å². The molecule has 0 fully saturated rings. The van der Waals surface area contributed by atoms with E-state index in [0.29, 0.717) is 5.91 Å². The Balaban J connectivity index is 2.51. The number of nitrogens with zero attached hydrogens (tertiary/aromatic N) is 1. The van der Waals surface area contributed by atoms with E-state index in [2.05, 4.69) is 13.0 Å². The van der Waals surface area contributed by atoms with Crippen LogP contribution in [-0.2, 0) is 4.79 Å². The van der Waals surface area contributed by atoms with Crippen LogP contribution in [0, 0.1) is 5.92 Å². The van der Waals surface area contributed by atoms with Gasteiger partial charge in [-0.25, -0.2) is 0 Å². The molecule has 1 amide bonds. The molecule has 0 spiro atoms. The summed E-state index contributed by atoms with van der Waals surface area (Å²) < 4.78 is 0. The van der Waals surface area contributed by atoms with E-state index < -0.39 is 0 Å². The van der Waals surface area contributed by atoms with Gasteiger partial charge < -0.3 is 4.90 Å². The normalized spacial score (nSPS) is 18.5. The van der Waals surface area contributed by atoms with Crippen molar-refractivity contribution in [1.82, 2.24) is 4.90 Å². The molecule has 0 aromatic rings. The topological polar surface area (TPSA) is 20.3 Å². The molecule has 2 nitrogen and oxygen atoms in total. The molecule has 0 N–H and O–H groups in total. The summed E-state index contributed by atoms with van der Waals surface area (Å²) in [6, 6.07) is 0. The van der Waals surface area contributed by atoms with Crippen LogP contribution in [0.2, 0.25) is 0 Å². The van der Waals surface area contributed by atoms with E-state index in [1.54, 1.807) is 0 Å². The third kappa shape index (κ3) is 2.87. The minimum atomic E-state index is 0.137. The second kappa shape index (κ2) is 4.45. The van der Waals surface area contributed by atoms with Gasteiger partial charge in [-0.05, 0) is 19.8 Å². The SMILES string of the molecule is CC1=CCCN(C(=O)C(C)C)CC1. The van der Waals surface area contributed by atoms with E-state index in [-0.39, 0.29) is 5.92 Å². The molecule has 0 bridgehead atoms. The van der Waals surface area contributed by atoms with Crippen molar-refractivity contribution in [2.45, 2.75) is 33.6 Å². The third-order valence-corrected chi connectivity index (χ3v) is 2.47. The van der Waals surface area contributed by atoms with Gasteiger partial charge in [-0.1, -0.05) is 25.5 Å². The highest BCUT2D eigenvalue weighted by molar-refractivity contribution is 5.78. The second-order valence-electron chi connectivity index (χ2n) is 4.07. The van der Waals surface area contributed by atoms with Crippen LogP contribution >= 0.6 is 0 Å². The van der Waals surface area contributed by atoms with Crippen molar-refractivity contribution in [3.8, 4) is 0 Å². The van der Waals surface area contributed by atoms with Gasteiger partial charge >= 0.3 is 0 Å². The summed E-state index contributed by atoms with van der Waals surface area (Å²) in [6.07, 6.45) is 4.30. The minimum absolute atomic E-state index is 0.137. The molecule has 0 atom stereocenters. The molecular weight excluding hydrogens is 162 g/mol. The molecule has 74 valence electrons. The van der Waals surface area contributed by atoms with Crippen LogP contribution in [0.4, 0.5) is 0 Å². The summed E-state index contributed by atoms with van der Waals surface area (Å²) in [5, 5.41) is 0. The Morgan fingerprint density at radius 3 is 2.77 bits per heavy atom. The van der Waals surface area contributed by atoms with Crippen molar-refractivity contribution < 1.29 is 4.79 Å². The van der Waals surface area contributed by atoms with Crippen molar-refractivity contribution in [2.24, 2.45) is 5.92 Å². The van der Waals surface area contributed by atoms with E-state index >= 15 is 0 Å². The number of rotatable bonds is 1. The van der Waals surface area contributed by atoms with E-state index in [1.165, 1.54) is 5.57 Å². The summed E-state index contributed by atoms with van der Waals surface area (Å²) in [6.45, 7) is 7.87. The summed E-state index contributed by atoms with van der Waals surface area (Å²) in [4.78, 5) is 13.6. The summed E-state index contributed by atoms with van der Waals surface area (Å²) in [5.74, 6) is 0.432. The maximum atomic E-state index is 11.7. The highest BCUT2D eigenvalue weighted by atomic mass is 16.2. The molecule has 13 heavy (non-hydrogen) atoms. The van der Waals surface area contributed by atoms with Gasteiger partial charge in [0, 0.05) is 19.0 Å². The Morgan fingerprint density at radius 1 is 1.46 bits per heavy atom. The summed E-state index contributed by atoms with van der Waals surface area (Å²) >= 11 is 0. The van der Waals surface area contributed by atoms with Crippen molar-refractivity contribution in [1.29, 1.82) is 0 Å². The highest BCUT2D eigenvalue weighted by Gasteiger charge is 2.17. The molecular formula is C11H19NO. The number of hydrogen-bond donors (Lipinski definition) is 0. The lowest BCUT2D eigenvalue weighted by molar-refractivity contribution is -0.134. The highest BCUT2D eigenvalue weighted by Crippen LogP contribution is 2.12. The molecule has 0 radical (unpaired) electrons. The van der Waals surface area contributed by atoms with Crippen LogP contribution in [-0.4, -0.2) is 23.9 Å². The third-order valence-electron chi connectivity index (χ3n) is 2.47. The first-order valence-corrected chi connectivity index (χ1v) is 5.05. The first kappa shape index (κ1) is 10.3. The van der Waals surface area contributed by atoms with Gasteiger partial charge in [-0.2, -0.15) is 0 Å². The monoisotopic (exact) mass is 181 g/mol. The van der Waals surface area contributed by atoms with E-state index in [1.807, 2.05) is 18.7 Å². The Morgan fingerprint density at radius 2 is 2.15 bits per heavy atom. The van der Waals surface area contributed by atoms with E-state index in [0.717, 1.165) is 25.9 Å². The van der Waals surface area contributed by atoms with Gasteiger partial charge in [0.05, 0.1) is 0 Å². The Bertz CT molecular complexity index is 218. The van der Waals surface area contributed by atoms with Crippen LogP contribution in [0.15, 0.2) is 11.6 Å². The molecule has 0 aromatic heterocycles. The zero-order valence-corrected chi connectivity index (χ0v) is 8.84. The van der Waals surface area contributed by atoms with Crippen LogP contribution in [0.3, 0.4) is 0 Å². The fraction of sp³-hybridized carbons (Fsp3) is 0.727. The lowest BCUT2D eigenvalue weighted by Gasteiger charge is -2.22. The fourth-order valence-electron chi connectivity index (χ4n) is 1.58. The molecule has 1 aliphatic heterocycles. The van der Waals surface area contributed by atoms with Crippen LogP contribution < -0.4 is 0 Å². The Hall–Kier alpha value is -0.790. The Labute approximate surface area is 80.6 Å². The molecule has 0 aliphatic carbocycles. The lowest BCUT2D eigenvalue weighted by Crippen LogP contribution is -2.35. The van der Waals surface area contributed by atoms with Gasteiger partial charge in [-0.15, -0.1) is 0 Å². The average Bonchev–Trinajstić information content (AvgIpc) is 2.28. The van der Waals surface area contributed by atoms with Crippen LogP contribution in [0.25, 0.3) is 0 Å². The predicted molar refractivity (Wildman–Crippen MR) is 54.4 cm³/mol. The summed E-state index contributed by atoms with van der Waals surface area (Å²) in [7, 11) is 0. The number of amides is 1. The van der Waals surface area contributed by atoms with Crippen molar-refractivity contribution in [3.05, 3.63) is 11.6 Å². The second-order valence-corrected chi connectivity index (χ2v) is 4.07. The molecule has 1 aliphatic rings. The maximum absolute atomic E-state index is 11.7. The zero-order valence-electron chi connectivity index (χ0n) is 8.84. The largest absolute Gasteiger partial charge is 0.342 e. The first-order valence-electron chi connectivity index (χ1n) is 5.05. The predicted octanol–water partition coefficient (Wildman–Crippen LogP) is 2.21.